The lowest BCUT2D eigenvalue weighted by atomic mass is 10.1. The molecule has 0 spiro atoms. The van der Waals surface area contributed by atoms with E-state index in [1.807, 2.05) is 0 Å². The van der Waals surface area contributed by atoms with E-state index in [1.165, 1.54) is 12.1 Å². The van der Waals surface area contributed by atoms with E-state index in [4.69, 9.17) is 16.0 Å². The molecule has 4 atom stereocenters. The summed E-state index contributed by atoms with van der Waals surface area (Å²) in [4.78, 5) is 39.3. The molecule has 8 N–H and O–H groups in total. The molecule has 2 aliphatic carbocycles. The maximum Gasteiger partial charge on any atom is 0.330 e. The number of phenols is 1. The van der Waals surface area contributed by atoms with Crippen molar-refractivity contribution in [2.75, 3.05) is 0 Å². The number of aliphatic carboxylic acids is 1. The fourth-order valence-corrected chi connectivity index (χ4v) is 3.84. The van der Waals surface area contributed by atoms with Gasteiger partial charge in [0.15, 0.2) is 5.82 Å². The number of hydrogen-bond donors (Lipinski definition) is 6. The van der Waals surface area contributed by atoms with Gasteiger partial charge in [0, 0.05) is 12.3 Å². The van der Waals surface area contributed by atoms with Crippen LogP contribution in [0.25, 0.3) is 0 Å². The predicted octanol–water partition coefficient (Wildman–Crippen LogP) is -0.365. The second kappa shape index (κ2) is 7.23. The third kappa shape index (κ3) is 3.89. The summed E-state index contributed by atoms with van der Waals surface area (Å²) in [5, 5.41) is 27.8. The highest BCUT2D eigenvalue weighted by Gasteiger charge is 2.62. The van der Waals surface area contributed by atoms with Crippen molar-refractivity contribution in [3.63, 3.8) is 0 Å². The zero-order chi connectivity index (χ0) is 22.4. The number of nitrogens with zero attached hydrogens (tertiary/aromatic N) is 2. The normalized spacial score (nSPS) is 28.5. The van der Waals surface area contributed by atoms with Gasteiger partial charge in [-0.2, -0.15) is 4.98 Å². The fraction of sp³-hybridized carbons (Fsp3) is 0.421. The Morgan fingerprint density at radius 1 is 1.23 bits per heavy atom. The van der Waals surface area contributed by atoms with Crippen LogP contribution in [0, 0.1) is 5.92 Å². The maximum absolute atomic E-state index is 12.3. The molecule has 0 aliphatic heterocycles. The van der Waals surface area contributed by atoms with Crippen LogP contribution in [0.3, 0.4) is 0 Å². The van der Waals surface area contributed by atoms with Crippen LogP contribution in [0.2, 0.25) is 0 Å². The summed E-state index contributed by atoms with van der Waals surface area (Å²) in [6.45, 7) is -0.130. The number of amides is 3. The molecule has 31 heavy (non-hydrogen) atoms. The summed E-state index contributed by atoms with van der Waals surface area (Å²) in [5.41, 5.74) is 9.73. The quantitative estimate of drug-likeness (QED) is 0.322. The molecule has 12 heteroatoms. The summed E-state index contributed by atoms with van der Waals surface area (Å²) in [6, 6.07) is 5.47. The monoisotopic (exact) mass is 430 g/mol. The van der Waals surface area contributed by atoms with Crippen molar-refractivity contribution in [2.24, 2.45) is 17.4 Å². The molecule has 2 saturated carbocycles. The Kier molecular flexibility index (Phi) is 4.81. The van der Waals surface area contributed by atoms with Crippen LogP contribution >= 0.6 is 0 Å². The van der Waals surface area contributed by atoms with Crippen LogP contribution in [-0.2, 0) is 21.7 Å². The Morgan fingerprint density at radius 3 is 2.58 bits per heavy atom. The summed E-state index contributed by atoms with van der Waals surface area (Å²) in [5.74, 6) is -1.80. The molecule has 2 fully saturated rings. The standard InChI is InChI=1S/C19H22N6O6/c20-13(27)5-10-6-18(10,21)15-23-14(31-25-15)8-22-17(30)24-19(16(28)29)7-12(19)9-1-3-11(26)4-2-9/h1-4,10,12,26H,5-8,21H2,(H2,20,27)(H,28,29)(H2,22,24,30)/t10-,12-,18?,19?/m0/s1. The summed E-state index contributed by atoms with van der Waals surface area (Å²) in [6.07, 6.45) is 0.852. The summed E-state index contributed by atoms with van der Waals surface area (Å²) in [7, 11) is 0. The highest BCUT2D eigenvalue weighted by Crippen LogP contribution is 2.52. The first-order valence-corrected chi connectivity index (χ1v) is 9.62. The van der Waals surface area contributed by atoms with Crippen molar-refractivity contribution >= 4 is 17.9 Å². The van der Waals surface area contributed by atoms with Gasteiger partial charge in [-0.1, -0.05) is 17.3 Å². The molecule has 0 saturated heterocycles. The molecular formula is C19H22N6O6. The maximum atomic E-state index is 12.3. The Bertz CT molecular complexity index is 1040. The van der Waals surface area contributed by atoms with Gasteiger partial charge in [-0.3, -0.25) is 4.79 Å². The SMILES string of the molecule is NC(=O)C[C@H]1CC1(N)c1noc(CNC(=O)NC2(C(=O)O)C[C@H]2c2ccc(O)cc2)n1. The van der Waals surface area contributed by atoms with Crippen LogP contribution in [0.15, 0.2) is 28.8 Å². The highest BCUT2D eigenvalue weighted by atomic mass is 16.5. The van der Waals surface area contributed by atoms with E-state index in [0.717, 1.165) is 0 Å². The van der Waals surface area contributed by atoms with Crippen LogP contribution in [-0.4, -0.2) is 43.8 Å². The molecule has 3 amide bonds. The van der Waals surface area contributed by atoms with Gasteiger partial charge in [-0.25, -0.2) is 9.59 Å². The van der Waals surface area contributed by atoms with E-state index in [0.29, 0.717) is 12.0 Å². The topological polar surface area (TPSA) is 207 Å². The number of carbonyl (C=O) groups excluding carboxylic acids is 2. The number of hydrogen-bond acceptors (Lipinski definition) is 8. The van der Waals surface area contributed by atoms with Gasteiger partial charge in [-0.05, 0) is 36.5 Å². The number of urea groups is 1. The molecular weight excluding hydrogens is 408 g/mol. The first kappa shape index (κ1) is 20.6. The number of carbonyl (C=O) groups is 3. The molecule has 1 aromatic heterocycles. The van der Waals surface area contributed by atoms with Crippen molar-refractivity contribution in [3.05, 3.63) is 41.5 Å². The summed E-state index contributed by atoms with van der Waals surface area (Å²) >= 11 is 0. The van der Waals surface area contributed by atoms with Gasteiger partial charge < -0.3 is 36.8 Å². The van der Waals surface area contributed by atoms with E-state index >= 15 is 0 Å². The smallest absolute Gasteiger partial charge is 0.330 e. The molecule has 2 aliphatic rings. The largest absolute Gasteiger partial charge is 0.508 e. The minimum atomic E-state index is -1.43. The molecule has 1 aromatic carbocycles. The number of phenolic OH excluding ortho intramolecular Hbond substituents is 1. The van der Waals surface area contributed by atoms with Crippen LogP contribution in [0.5, 0.6) is 5.75 Å². The Balaban J connectivity index is 1.33. The third-order valence-electron chi connectivity index (χ3n) is 5.86. The van der Waals surface area contributed by atoms with Crippen molar-refractivity contribution < 1.29 is 29.1 Å². The van der Waals surface area contributed by atoms with Crippen LogP contribution in [0.1, 0.15) is 42.5 Å². The Morgan fingerprint density at radius 2 is 1.94 bits per heavy atom. The average molecular weight is 430 g/mol. The molecule has 0 radical (unpaired) electrons. The summed E-state index contributed by atoms with van der Waals surface area (Å²) < 4.78 is 5.09. The number of nitrogens with two attached hydrogens (primary N) is 2. The fourth-order valence-electron chi connectivity index (χ4n) is 3.84. The number of primary amides is 1. The molecule has 4 rings (SSSR count). The minimum Gasteiger partial charge on any atom is -0.508 e. The molecule has 1 heterocycles. The minimum absolute atomic E-state index is 0.0707. The number of aromatic hydroxyl groups is 1. The molecule has 2 unspecified atom stereocenters. The predicted molar refractivity (Wildman–Crippen MR) is 103 cm³/mol. The van der Waals surface area contributed by atoms with E-state index in [2.05, 4.69) is 20.8 Å². The van der Waals surface area contributed by atoms with Crippen LogP contribution < -0.4 is 22.1 Å². The lowest BCUT2D eigenvalue weighted by molar-refractivity contribution is -0.140. The number of rotatable bonds is 8. The zero-order valence-corrected chi connectivity index (χ0v) is 16.4. The number of nitrogens with one attached hydrogen (secondary N) is 2. The first-order chi connectivity index (χ1) is 14.6. The van der Waals surface area contributed by atoms with E-state index in [-0.39, 0.29) is 42.8 Å². The molecule has 12 nitrogen and oxygen atoms in total. The van der Waals surface area contributed by atoms with Crippen molar-refractivity contribution in [2.45, 2.75) is 42.8 Å². The van der Waals surface area contributed by atoms with Crippen molar-refractivity contribution in [3.8, 4) is 5.75 Å². The van der Waals surface area contributed by atoms with Gasteiger partial charge in [0.1, 0.15) is 11.3 Å². The second-order valence-corrected chi connectivity index (χ2v) is 8.06. The van der Waals surface area contributed by atoms with E-state index in [9.17, 15) is 24.6 Å². The van der Waals surface area contributed by atoms with Gasteiger partial charge in [0.05, 0.1) is 12.1 Å². The first-order valence-electron chi connectivity index (χ1n) is 9.62. The number of carboxylic acid groups (broad SMARTS) is 1. The lowest BCUT2D eigenvalue weighted by Crippen LogP contribution is -2.48. The molecule has 0 bridgehead atoms. The van der Waals surface area contributed by atoms with Gasteiger partial charge in [0.2, 0.25) is 11.8 Å². The molecule has 164 valence electrons. The highest BCUT2D eigenvalue weighted by molar-refractivity contribution is 5.91. The number of carboxylic acids is 1. The average Bonchev–Trinajstić information content (AvgIpc) is 3.51. The zero-order valence-electron chi connectivity index (χ0n) is 16.4. The van der Waals surface area contributed by atoms with Crippen molar-refractivity contribution in [1.82, 2.24) is 20.8 Å². The van der Waals surface area contributed by atoms with Gasteiger partial charge >= 0.3 is 12.0 Å². The number of benzene rings is 1. The number of aromatic nitrogens is 2. The third-order valence-corrected chi connectivity index (χ3v) is 5.86. The Labute approximate surface area is 176 Å². The van der Waals surface area contributed by atoms with Crippen molar-refractivity contribution in [1.29, 1.82) is 0 Å². The van der Waals surface area contributed by atoms with E-state index < -0.39 is 34.9 Å². The van der Waals surface area contributed by atoms with Crippen LogP contribution in [0.4, 0.5) is 4.79 Å². The van der Waals surface area contributed by atoms with Gasteiger partial charge in [-0.15, -0.1) is 0 Å². The van der Waals surface area contributed by atoms with Gasteiger partial charge in [0.25, 0.3) is 0 Å². The molecule has 2 aromatic rings. The Hall–Kier alpha value is -3.67. The lowest BCUT2D eigenvalue weighted by Gasteiger charge is -2.15. The van der Waals surface area contributed by atoms with E-state index in [1.54, 1.807) is 12.1 Å². The second-order valence-electron chi connectivity index (χ2n) is 8.06.